The fourth-order valence-electron chi connectivity index (χ4n) is 4.49. The Morgan fingerprint density at radius 3 is 2.18 bits per heavy atom. The highest BCUT2D eigenvalue weighted by molar-refractivity contribution is 6.51. The molecule has 1 atom stereocenters. The molecule has 1 saturated heterocycles. The molecule has 2 N–H and O–H groups in total. The van der Waals surface area contributed by atoms with Gasteiger partial charge in [0.2, 0.25) is 0 Å². The summed E-state index contributed by atoms with van der Waals surface area (Å²) in [5.41, 5.74) is 5.16. The van der Waals surface area contributed by atoms with Crippen LogP contribution in [-0.2, 0) is 9.59 Å². The Balaban J connectivity index is 2.01. The van der Waals surface area contributed by atoms with E-state index >= 15 is 0 Å². The van der Waals surface area contributed by atoms with Crippen molar-refractivity contribution in [3.05, 3.63) is 93.6 Å². The van der Waals surface area contributed by atoms with Crippen LogP contribution in [0.1, 0.15) is 39.4 Å². The van der Waals surface area contributed by atoms with E-state index in [1.54, 1.807) is 24.3 Å². The van der Waals surface area contributed by atoms with E-state index in [-0.39, 0.29) is 17.1 Å². The van der Waals surface area contributed by atoms with Crippen molar-refractivity contribution in [2.45, 2.75) is 33.7 Å². The number of aliphatic hydroxyl groups is 1. The standard InChI is InChI=1S/C28H27NO5/c1-15-12-18(4)27(34-5)22(13-15)25(31)23-24(19-7-10-21(30)11-8-19)29(28(33)26(23)32)20-9-6-16(2)17(3)14-20/h6-14,24,30-31H,1-5H3/b25-23+. The molecular formula is C28H27NO5. The highest BCUT2D eigenvalue weighted by Gasteiger charge is 2.47. The van der Waals surface area contributed by atoms with Gasteiger partial charge >= 0.3 is 0 Å². The SMILES string of the molecule is COc1c(C)cc(C)cc1/C(O)=C1\C(=O)C(=O)N(c2ccc(C)c(C)c2)C1c1ccc(O)cc1. The molecule has 1 aliphatic rings. The minimum Gasteiger partial charge on any atom is -0.508 e. The molecule has 1 fully saturated rings. The number of anilines is 1. The predicted molar refractivity (Wildman–Crippen MR) is 131 cm³/mol. The van der Waals surface area contributed by atoms with Crippen molar-refractivity contribution in [1.29, 1.82) is 0 Å². The summed E-state index contributed by atoms with van der Waals surface area (Å²) in [5, 5.41) is 21.3. The molecule has 0 aliphatic carbocycles. The van der Waals surface area contributed by atoms with Crippen molar-refractivity contribution in [3.8, 4) is 11.5 Å². The van der Waals surface area contributed by atoms with Gasteiger partial charge in [-0.05, 0) is 85.8 Å². The van der Waals surface area contributed by atoms with E-state index in [1.165, 1.54) is 24.1 Å². The molecule has 3 aromatic carbocycles. The fraction of sp³-hybridized carbons (Fsp3) is 0.214. The number of aliphatic hydroxyl groups excluding tert-OH is 1. The Bertz CT molecular complexity index is 1340. The summed E-state index contributed by atoms with van der Waals surface area (Å²) < 4.78 is 5.53. The summed E-state index contributed by atoms with van der Waals surface area (Å²) in [6.07, 6.45) is 0. The largest absolute Gasteiger partial charge is 0.508 e. The molecule has 0 radical (unpaired) electrons. The van der Waals surface area contributed by atoms with Gasteiger partial charge in [-0.3, -0.25) is 14.5 Å². The quantitative estimate of drug-likeness (QED) is 0.317. The maximum atomic E-state index is 13.4. The number of carbonyl (C=O) groups excluding carboxylic acids is 2. The maximum Gasteiger partial charge on any atom is 0.300 e. The van der Waals surface area contributed by atoms with Crippen LogP contribution in [0.5, 0.6) is 11.5 Å². The number of rotatable bonds is 4. The van der Waals surface area contributed by atoms with Crippen LogP contribution in [0.4, 0.5) is 5.69 Å². The van der Waals surface area contributed by atoms with E-state index in [1.807, 2.05) is 45.9 Å². The highest BCUT2D eigenvalue weighted by Crippen LogP contribution is 2.44. The molecule has 1 amide bonds. The number of Topliss-reactive ketones (excluding diaryl/α,β-unsaturated/α-hetero) is 1. The molecule has 4 rings (SSSR count). The third-order valence-electron chi connectivity index (χ3n) is 6.30. The third-order valence-corrected chi connectivity index (χ3v) is 6.30. The number of phenolic OH excluding ortho intramolecular Hbond substituents is 1. The van der Waals surface area contributed by atoms with Crippen molar-refractivity contribution < 1.29 is 24.5 Å². The van der Waals surface area contributed by atoms with Crippen molar-refractivity contribution in [3.63, 3.8) is 0 Å². The number of methoxy groups -OCH3 is 1. The molecule has 6 heteroatoms. The summed E-state index contributed by atoms with van der Waals surface area (Å²) in [6.45, 7) is 7.64. The molecule has 6 nitrogen and oxygen atoms in total. The van der Waals surface area contributed by atoms with E-state index in [0.29, 0.717) is 22.6 Å². The smallest absolute Gasteiger partial charge is 0.300 e. The summed E-state index contributed by atoms with van der Waals surface area (Å²) in [5.74, 6) is -1.32. The van der Waals surface area contributed by atoms with E-state index in [9.17, 15) is 19.8 Å². The number of phenols is 1. The zero-order valence-corrected chi connectivity index (χ0v) is 19.8. The molecule has 0 bridgehead atoms. The zero-order chi connectivity index (χ0) is 24.7. The van der Waals surface area contributed by atoms with Gasteiger partial charge in [0.05, 0.1) is 24.3 Å². The van der Waals surface area contributed by atoms with Crippen LogP contribution in [0.25, 0.3) is 5.76 Å². The van der Waals surface area contributed by atoms with Crippen LogP contribution in [0.2, 0.25) is 0 Å². The molecule has 1 heterocycles. The fourth-order valence-corrected chi connectivity index (χ4v) is 4.49. The second-order valence-corrected chi connectivity index (χ2v) is 8.69. The molecule has 1 unspecified atom stereocenters. The van der Waals surface area contributed by atoms with Gasteiger partial charge in [0.1, 0.15) is 17.3 Å². The molecule has 1 aliphatic heterocycles. The lowest BCUT2D eigenvalue weighted by Crippen LogP contribution is -2.29. The van der Waals surface area contributed by atoms with Gasteiger partial charge in [0.15, 0.2) is 0 Å². The van der Waals surface area contributed by atoms with Crippen LogP contribution < -0.4 is 9.64 Å². The monoisotopic (exact) mass is 457 g/mol. The van der Waals surface area contributed by atoms with E-state index in [0.717, 1.165) is 22.3 Å². The van der Waals surface area contributed by atoms with Crippen molar-refractivity contribution in [2.75, 3.05) is 12.0 Å². The average Bonchev–Trinajstić information content (AvgIpc) is 3.06. The summed E-state index contributed by atoms with van der Waals surface area (Å²) in [6, 6.07) is 14.6. The number of ketones is 1. The zero-order valence-electron chi connectivity index (χ0n) is 19.8. The Morgan fingerprint density at radius 2 is 1.56 bits per heavy atom. The molecule has 34 heavy (non-hydrogen) atoms. The molecule has 174 valence electrons. The predicted octanol–water partition coefficient (Wildman–Crippen LogP) is 5.26. The van der Waals surface area contributed by atoms with E-state index < -0.39 is 17.7 Å². The molecule has 3 aromatic rings. The number of benzene rings is 3. The van der Waals surface area contributed by atoms with Crippen LogP contribution in [0.3, 0.4) is 0 Å². The topological polar surface area (TPSA) is 87.1 Å². The Hall–Kier alpha value is -4.06. The van der Waals surface area contributed by atoms with Gasteiger partial charge in [0, 0.05) is 5.69 Å². The van der Waals surface area contributed by atoms with Crippen LogP contribution >= 0.6 is 0 Å². The lowest BCUT2D eigenvalue weighted by atomic mass is 9.93. The number of carbonyl (C=O) groups is 2. The number of aromatic hydroxyl groups is 1. The van der Waals surface area contributed by atoms with Gasteiger partial charge in [0.25, 0.3) is 11.7 Å². The van der Waals surface area contributed by atoms with Crippen molar-refractivity contribution in [1.82, 2.24) is 0 Å². The first-order chi connectivity index (χ1) is 16.1. The van der Waals surface area contributed by atoms with Gasteiger partial charge < -0.3 is 14.9 Å². The molecule has 0 saturated carbocycles. The first kappa shape index (κ1) is 23.1. The average molecular weight is 458 g/mol. The second-order valence-electron chi connectivity index (χ2n) is 8.69. The van der Waals surface area contributed by atoms with Crippen LogP contribution in [-0.4, -0.2) is 29.0 Å². The lowest BCUT2D eigenvalue weighted by molar-refractivity contribution is -0.132. The Kier molecular flexibility index (Phi) is 5.92. The second kappa shape index (κ2) is 8.71. The Morgan fingerprint density at radius 1 is 0.882 bits per heavy atom. The number of amides is 1. The molecular weight excluding hydrogens is 430 g/mol. The summed E-state index contributed by atoms with van der Waals surface area (Å²) in [4.78, 5) is 28.1. The minimum atomic E-state index is -0.881. The third kappa shape index (κ3) is 3.81. The lowest BCUT2D eigenvalue weighted by Gasteiger charge is -2.26. The maximum absolute atomic E-state index is 13.4. The van der Waals surface area contributed by atoms with Gasteiger partial charge in [-0.1, -0.05) is 24.3 Å². The Labute approximate surface area is 198 Å². The number of aryl methyl sites for hydroxylation is 4. The van der Waals surface area contributed by atoms with Gasteiger partial charge in [-0.15, -0.1) is 0 Å². The van der Waals surface area contributed by atoms with Gasteiger partial charge in [-0.25, -0.2) is 0 Å². The summed E-state index contributed by atoms with van der Waals surface area (Å²) in [7, 11) is 1.50. The first-order valence-electron chi connectivity index (χ1n) is 11.0. The number of hydrogen-bond acceptors (Lipinski definition) is 5. The summed E-state index contributed by atoms with van der Waals surface area (Å²) >= 11 is 0. The van der Waals surface area contributed by atoms with E-state index in [4.69, 9.17) is 4.74 Å². The van der Waals surface area contributed by atoms with Crippen LogP contribution in [0, 0.1) is 27.7 Å². The normalized spacial score (nSPS) is 17.3. The highest BCUT2D eigenvalue weighted by atomic mass is 16.5. The molecule has 0 spiro atoms. The number of hydrogen-bond donors (Lipinski definition) is 2. The van der Waals surface area contributed by atoms with Crippen molar-refractivity contribution >= 4 is 23.1 Å². The molecule has 0 aromatic heterocycles. The number of ether oxygens (including phenoxy) is 1. The number of nitrogens with zero attached hydrogens (tertiary/aromatic N) is 1. The van der Waals surface area contributed by atoms with E-state index in [2.05, 4.69) is 0 Å². The van der Waals surface area contributed by atoms with Crippen LogP contribution in [0.15, 0.2) is 60.2 Å². The minimum absolute atomic E-state index is 0.0304. The van der Waals surface area contributed by atoms with Gasteiger partial charge in [-0.2, -0.15) is 0 Å². The first-order valence-corrected chi connectivity index (χ1v) is 11.0. The van der Waals surface area contributed by atoms with Crippen molar-refractivity contribution in [2.24, 2.45) is 0 Å².